The molecule has 2 nitrogen and oxygen atoms in total. The third kappa shape index (κ3) is 4.77. The van der Waals surface area contributed by atoms with E-state index in [1.807, 2.05) is 26.1 Å². The molecule has 1 aromatic carbocycles. The van der Waals surface area contributed by atoms with E-state index in [4.69, 9.17) is 0 Å². The van der Waals surface area contributed by atoms with Crippen LogP contribution in [0.4, 0.5) is 4.39 Å². The summed E-state index contributed by atoms with van der Waals surface area (Å²) in [5.41, 5.74) is 3.01. The minimum absolute atomic E-state index is 0.122. The Morgan fingerprint density at radius 3 is 2.84 bits per heavy atom. The van der Waals surface area contributed by atoms with Crippen LogP contribution in [-0.2, 0) is 13.1 Å². The van der Waals surface area contributed by atoms with E-state index in [0.29, 0.717) is 12.6 Å². The molecule has 0 spiro atoms. The Hall–Kier alpha value is -1.19. The Labute approximate surface area is 115 Å². The first kappa shape index (κ1) is 14.2. The van der Waals surface area contributed by atoms with E-state index in [1.165, 1.54) is 12.8 Å². The van der Waals surface area contributed by atoms with Crippen molar-refractivity contribution in [1.29, 1.82) is 0 Å². The Balaban J connectivity index is 1.96. The second kappa shape index (κ2) is 6.31. The minimum Gasteiger partial charge on any atom is -0.310 e. The van der Waals surface area contributed by atoms with Gasteiger partial charge in [0.15, 0.2) is 0 Å². The quantitative estimate of drug-likeness (QED) is 0.760. The number of likely N-dealkylation sites (N-methyl/N-ethyl adjacent to an activating group) is 1. The van der Waals surface area contributed by atoms with Crippen molar-refractivity contribution in [3.8, 4) is 0 Å². The van der Waals surface area contributed by atoms with Crippen LogP contribution in [0, 0.1) is 5.82 Å². The zero-order valence-corrected chi connectivity index (χ0v) is 11.9. The van der Waals surface area contributed by atoms with Gasteiger partial charge in [-0.1, -0.05) is 24.3 Å². The summed E-state index contributed by atoms with van der Waals surface area (Å²) in [7, 11) is 1.99. The highest BCUT2D eigenvalue weighted by Crippen LogP contribution is 2.20. The molecule has 0 radical (unpaired) electrons. The van der Waals surface area contributed by atoms with E-state index < -0.39 is 0 Å². The maximum Gasteiger partial charge on any atom is 0.127 e. The van der Waals surface area contributed by atoms with Gasteiger partial charge in [0.05, 0.1) is 0 Å². The molecule has 104 valence electrons. The minimum atomic E-state index is -0.122. The molecule has 0 amide bonds. The summed E-state index contributed by atoms with van der Waals surface area (Å²) in [6.45, 7) is 8.13. The molecule has 3 heteroatoms. The molecule has 0 heterocycles. The second-order valence-corrected chi connectivity index (χ2v) is 5.71. The fourth-order valence-corrected chi connectivity index (χ4v) is 2.22. The number of nitrogens with zero attached hydrogens (tertiary/aromatic N) is 1. The standard InChI is InChI=1S/C16H23FN2/c1-12(2)10-19(3)11-14-8-13(4-7-16(14)17)9-18-15-5-6-15/h4,7-8,15,18H,1,5-6,9-11H2,2-3H3. The summed E-state index contributed by atoms with van der Waals surface area (Å²) >= 11 is 0. The molecule has 0 aromatic heterocycles. The van der Waals surface area contributed by atoms with Crippen molar-refractivity contribution >= 4 is 0 Å². The first-order valence-electron chi connectivity index (χ1n) is 6.88. The Bertz CT molecular complexity index is 452. The van der Waals surface area contributed by atoms with Crippen molar-refractivity contribution in [2.24, 2.45) is 0 Å². The van der Waals surface area contributed by atoms with Crippen LogP contribution in [0.25, 0.3) is 0 Å². The second-order valence-electron chi connectivity index (χ2n) is 5.71. The number of hydrogen-bond acceptors (Lipinski definition) is 2. The van der Waals surface area contributed by atoms with Gasteiger partial charge in [0.1, 0.15) is 5.82 Å². The molecular weight excluding hydrogens is 239 g/mol. The van der Waals surface area contributed by atoms with Gasteiger partial charge in [-0.05, 0) is 38.4 Å². The first-order valence-corrected chi connectivity index (χ1v) is 6.88. The maximum absolute atomic E-state index is 13.8. The van der Waals surface area contributed by atoms with Crippen LogP contribution in [-0.4, -0.2) is 24.5 Å². The van der Waals surface area contributed by atoms with Gasteiger partial charge in [0.2, 0.25) is 0 Å². The van der Waals surface area contributed by atoms with Gasteiger partial charge in [-0.25, -0.2) is 4.39 Å². The van der Waals surface area contributed by atoms with Crippen molar-refractivity contribution in [2.75, 3.05) is 13.6 Å². The predicted molar refractivity (Wildman–Crippen MR) is 77.4 cm³/mol. The molecule has 19 heavy (non-hydrogen) atoms. The van der Waals surface area contributed by atoms with Crippen LogP contribution < -0.4 is 5.32 Å². The fraction of sp³-hybridized carbons (Fsp3) is 0.500. The lowest BCUT2D eigenvalue weighted by Gasteiger charge is -2.17. The average molecular weight is 262 g/mol. The van der Waals surface area contributed by atoms with Crippen LogP contribution >= 0.6 is 0 Å². The van der Waals surface area contributed by atoms with Crippen LogP contribution in [0.15, 0.2) is 30.4 Å². The van der Waals surface area contributed by atoms with Crippen molar-refractivity contribution in [3.05, 3.63) is 47.3 Å². The molecule has 1 aliphatic rings. The molecule has 0 saturated heterocycles. The summed E-state index contributed by atoms with van der Waals surface area (Å²) < 4.78 is 13.8. The van der Waals surface area contributed by atoms with E-state index in [1.54, 1.807) is 6.07 Å². The molecule has 1 fully saturated rings. The molecule has 0 bridgehead atoms. The van der Waals surface area contributed by atoms with Gasteiger partial charge < -0.3 is 5.32 Å². The number of rotatable bonds is 7. The lowest BCUT2D eigenvalue weighted by Crippen LogP contribution is -2.21. The van der Waals surface area contributed by atoms with Gasteiger partial charge in [-0.15, -0.1) is 0 Å². The summed E-state index contributed by atoms with van der Waals surface area (Å²) in [6.07, 6.45) is 2.55. The number of nitrogens with one attached hydrogen (secondary N) is 1. The van der Waals surface area contributed by atoms with Gasteiger partial charge in [-0.2, -0.15) is 0 Å². The molecule has 0 aliphatic heterocycles. The van der Waals surface area contributed by atoms with Gasteiger partial charge in [-0.3, -0.25) is 4.90 Å². The smallest absolute Gasteiger partial charge is 0.127 e. The van der Waals surface area contributed by atoms with E-state index in [-0.39, 0.29) is 5.82 Å². The Kier molecular flexibility index (Phi) is 4.72. The van der Waals surface area contributed by atoms with Crippen LogP contribution in [0.1, 0.15) is 30.9 Å². The van der Waals surface area contributed by atoms with E-state index >= 15 is 0 Å². The normalized spacial score (nSPS) is 14.9. The van der Waals surface area contributed by atoms with E-state index in [2.05, 4.69) is 16.8 Å². The molecule has 1 N–H and O–H groups in total. The zero-order valence-electron chi connectivity index (χ0n) is 11.9. The Morgan fingerprint density at radius 1 is 1.47 bits per heavy atom. The number of hydrogen-bond donors (Lipinski definition) is 1. The molecule has 2 rings (SSSR count). The summed E-state index contributed by atoms with van der Waals surface area (Å²) in [4.78, 5) is 2.08. The summed E-state index contributed by atoms with van der Waals surface area (Å²) in [5, 5.41) is 3.45. The molecule has 1 aromatic rings. The average Bonchev–Trinajstić information content (AvgIpc) is 3.13. The monoisotopic (exact) mass is 262 g/mol. The van der Waals surface area contributed by atoms with Crippen molar-refractivity contribution in [3.63, 3.8) is 0 Å². The van der Waals surface area contributed by atoms with Gasteiger partial charge >= 0.3 is 0 Å². The van der Waals surface area contributed by atoms with Crippen LogP contribution in [0.5, 0.6) is 0 Å². The highest BCUT2D eigenvalue weighted by atomic mass is 19.1. The molecular formula is C16H23FN2. The lowest BCUT2D eigenvalue weighted by molar-refractivity contribution is 0.348. The van der Waals surface area contributed by atoms with Gasteiger partial charge in [0.25, 0.3) is 0 Å². The third-order valence-electron chi connectivity index (χ3n) is 3.26. The molecule has 1 aliphatic carbocycles. The summed E-state index contributed by atoms with van der Waals surface area (Å²) in [6, 6.07) is 6.10. The number of halogens is 1. The van der Waals surface area contributed by atoms with Crippen molar-refractivity contribution in [2.45, 2.75) is 38.9 Å². The maximum atomic E-state index is 13.8. The predicted octanol–water partition coefficient (Wildman–Crippen LogP) is 3.09. The van der Waals surface area contributed by atoms with Crippen molar-refractivity contribution < 1.29 is 4.39 Å². The van der Waals surface area contributed by atoms with Gasteiger partial charge in [0, 0.05) is 31.2 Å². The SMILES string of the molecule is C=C(C)CN(C)Cc1cc(CNC2CC2)ccc1F. The fourth-order valence-electron chi connectivity index (χ4n) is 2.22. The zero-order chi connectivity index (χ0) is 13.8. The van der Waals surface area contributed by atoms with E-state index in [9.17, 15) is 4.39 Å². The highest BCUT2D eigenvalue weighted by molar-refractivity contribution is 5.25. The third-order valence-corrected chi connectivity index (χ3v) is 3.26. The van der Waals surface area contributed by atoms with Crippen LogP contribution in [0.2, 0.25) is 0 Å². The topological polar surface area (TPSA) is 15.3 Å². The van der Waals surface area contributed by atoms with Crippen LogP contribution in [0.3, 0.4) is 0 Å². The molecule has 0 atom stereocenters. The lowest BCUT2D eigenvalue weighted by atomic mass is 10.1. The molecule has 1 saturated carbocycles. The Morgan fingerprint density at radius 2 is 2.21 bits per heavy atom. The van der Waals surface area contributed by atoms with Crippen molar-refractivity contribution in [1.82, 2.24) is 10.2 Å². The number of benzene rings is 1. The summed E-state index contributed by atoms with van der Waals surface area (Å²) in [5.74, 6) is -0.122. The molecule has 0 unspecified atom stereocenters. The van der Waals surface area contributed by atoms with E-state index in [0.717, 1.165) is 29.8 Å². The first-order chi connectivity index (χ1) is 9.04. The largest absolute Gasteiger partial charge is 0.310 e. The highest BCUT2D eigenvalue weighted by Gasteiger charge is 2.20.